The maximum absolute atomic E-state index is 6.44. The number of rotatable bonds is 2. The highest BCUT2D eigenvalue weighted by Crippen LogP contribution is 2.27. The van der Waals surface area contributed by atoms with Crippen molar-refractivity contribution >= 4 is 0 Å². The number of hydrogen-bond acceptors (Lipinski definition) is 1. The zero-order valence-corrected chi connectivity index (χ0v) is 11.7. The maximum Gasteiger partial charge on any atom is 0.0511 e. The van der Waals surface area contributed by atoms with E-state index < -0.39 is 0 Å². The summed E-state index contributed by atoms with van der Waals surface area (Å²) < 4.78 is 0. The van der Waals surface area contributed by atoms with E-state index in [-0.39, 0.29) is 6.04 Å². The Hall–Kier alpha value is -1.08. The minimum absolute atomic E-state index is 0.0994. The predicted molar refractivity (Wildman–Crippen MR) is 78.6 cm³/mol. The smallest absolute Gasteiger partial charge is 0.0511 e. The summed E-state index contributed by atoms with van der Waals surface area (Å²) in [6.45, 7) is 4.32. The van der Waals surface area contributed by atoms with Crippen LogP contribution in [-0.4, -0.2) is 0 Å². The van der Waals surface area contributed by atoms with Crippen LogP contribution in [0.3, 0.4) is 0 Å². The van der Waals surface area contributed by atoms with Crippen LogP contribution in [0, 0.1) is 13.8 Å². The van der Waals surface area contributed by atoms with Crippen LogP contribution in [0.4, 0.5) is 0 Å². The quantitative estimate of drug-likeness (QED) is 0.756. The number of nitrogens with two attached hydrogens (primary N) is 1. The summed E-state index contributed by atoms with van der Waals surface area (Å²) in [5.74, 6) is 0. The molecular weight excluding hydrogens is 218 g/mol. The summed E-state index contributed by atoms with van der Waals surface area (Å²) in [5, 5.41) is 0. The summed E-state index contributed by atoms with van der Waals surface area (Å²) >= 11 is 0. The molecule has 1 aliphatic carbocycles. The van der Waals surface area contributed by atoms with Gasteiger partial charge in [0.15, 0.2) is 0 Å². The molecule has 0 amide bonds. The maximum atomic E-state index is 6.44. The third-order valence-corrected chi connectivity index (χ3v) is 4.12. The van der Waals surface area contributed by atoms with E-state index in [0.717, 1.165) is 0 Å². The molecule has 1 aromatic carbocycles. The summed E-state index contributed by atoms with van der Waals surface area (Å²) in [7, 11) is 0. The number of benzene rings is 1. The first-order chi connectivity index (χ1) is 8.68. The fourth-order valence-electron chi connectivity index (χ4n) is 2.67. The van der Waals surface area contributed by atoms with E-state index in [1.165, 1.54) is 60.8 Å². The van der Waals surface area contributed by atoms with Gasteiger partial charge in [0.1, 0.15) is 0 Å². The first-order valence-electron chi connectivity index (χ1n) is 7.20. The van der Waals surface area contributed by atoms with E-state index in [0.29, 0.717) is 0 Å². The van der Waals surface area contributed by atoms with Gasteiger partial charge in [-0.3, -0.25) is 0 Å². The summed E-state index contributed by atoms with van der Waals surface area (Å²) in [6, 6.07) is 6.72. The number of hydrogen-bond donors (Lipinski definition) is 1. The van der Waals surface area contributed by atoms with Gasteiger partial charge < -0.3 is 5.73 Å². The Balaban J connectivity index is 2.18. The molecule has 1 nitrogen and oxygen atoms in total. The first kappa shape index (κ1) is 13.4. The second-order valence-electron chi connectivity index (χ2n) is 5.55. The average Bonchev–Trinajstić information content (AvgIpc) is 2.31. The Labute approximate surface area is 111 Å². The molecule has 1 aliphatic rings. The van der Waals surface area contributed by atoms with Gasteiger partial charge in [0.25, 0.3) is 0 Å². The molecule has 0 bridgehead atoms. The van der Waals surface area contributed by atoms with Crippen LogP contribution in [-0.2, 0) is 0 Å². The second kappa shape index (κ2) is 6.19. The Morgan fingerprint density at radius 3 is 2.56 bits per heavy atom. The van der Waals surface area contributed by atoms with Crippen LogP contribution in [0.5, 0.6) is 0 Å². The van der Waals surface area contributed by atoms with Crippen molar-refractivity contribution in [1.82, 2.24) is 0 Å². The molecule has 2 rings (SSSR count). The van der Waals surface area contributed by atoms with Gasteiger partial charge in [-0.1, -0.05) is 42.7 Å². The van der Waals surface area contributed by atoms with Gasteiger partial charge >= 0.3 is 0 Å². The minimum atomic E-state index is 0.0994. The second-order valence-corrected chi connectivity index (χ2v) is 5.55. The van der Waals surface area contributed by atoms with Crippen LogP contribution >= 0.6 is 0 Å². The van der Waals surface area contributed by atoms with Gasteiger partial charge in [-0.25, -0.2) is 0 Å². The number of allylic oxidation sites excluding steroid dienone is 1. The van der Waals surface area contributed by atoms with E-state index in [4.69, 9.17) is 5.73 Å². The van der Waals surface area contributed by atoms with Crippen LogP contribution in [0.15, 0.2) is 29.8 Å². The van der Waals surface area contributed by atoms with Gasteiger partial charge in [-0.15, -0.1) is 0 Å². The normalized spacial score (nSPS) is 21.6. The van der Waals surface area contributed by atoms with Crippen molar-refractivity contribution in [3.05, 3.63) is 46.5 Å². The topological polar surface area (TPSA) is 26.0 Å². The third-order valence-electron chi connectivity index (χ3n) is 4.12. The van der Waals surface area contributed by atoms with Crippen LogP contribution in [0.2, 0.25) is 0 Å². The van der Waals surface area contributed by atoms with Crippen molar-refractivity contribution in [3.8, 4) is 0 Å². The van der Waals surface area contributed by atoms with Crippen LogP contribution in [0.25, 0.3) is 0 Å². The molecule has 0 aliphatic heterocycles. The standard InChI is InChI=1S/C17H25N/c1-13-10-11-16(12-14(13)2)17(18)15-8-6-4-3-5-7-9-15/h8,10-12,17H,3-7,9,18H2,1-2H3/b15-8+. The van der Waals surface area contributed by atoms with Gasteiger partial charge in [-0.05, 0) is 56.2 Å². The lowest BCUT2D eigenvalue weighted by atomic mass is 9.90. The van der Waals surface area contributed by atoms with E-state index in [9.17, 15) is 0 Å². The zero-order chi connectivity index (χ0) is 13.0. The zero-order valence-electron chi connectivity index (χ0n) is 11.7. The molecule has 0 heterocycles. The van der Waals surface area contributed by atoms with E-state index in [2.05, 4.69) is 38.1 Å². The Bertz CT molecular complexity index is 431. The third kappa shape index (κ3) is 3.23. The Morgan fingerprint density at radius 1 is 1.00 bits per heavy atom. The largest absolute Gasteiger partial charge is 0.321 e. The molecule has 0 spiro atoms. The summed E-state index contributed by atoms with van der Waals surface area (Å²) in [5.41, 5.74) is 11.8. The van der Waals surface area contributed by atoms with Gasteiger partial charge in [0.05, 0.1) is 6.04 Å². The van der Waals surface area contributed by atoms with E-state index in [1.54, 1.807) is 0 Å². The molecular formula is C17H25N. The molecule has 0 fully saturated rings. The van der Waals surface area contributed by atoms with Crippen molar-refractivity contribution in [2.45, 2.75) is 58.4 Å². The Kier molecular flexibility index (Phi) is 4.60. The van der Waals surface area contributed by atoms with Crippen molar-refractivity contribution < 1.29 is 0 Å². The van der Waals surface area contributed by atoms with Gasteiger partial charge in [-0.2, -0.15) is 0 Å². The molecule has 0 radical (unpaired) electrons. The predicted octanol–water partition coefficient (Wildman–Crippen LogP) is 4.58. The van der Waals surface area contributed by atoms with E-state index >= 15 is 0 Å². The molecule has 98 valence electrons. The number of aryl methyl sites for hydroxylation is 2. The average molecular weight is 243 g/mol. The van der Waals surface area contributed by atoms with E-state index in [1.807, 2.05) is 0 Å². The molecule has 1 aromatic rings. The van der Waals surface area contributed by atoms with Crippen LogP contribution in [0.1, 0.15) is 61.3 Å². The highest BCUT2D eigenvalue weighted by atomic mass is 14.6. The SMILES string of the molecule is Cc1ccc(C(N)/C2=C/CCCCCC2)cc1C. The lowest BCUT2D eigenvalue weighted by Crippen LogP contribution is -2.14. The highest BCUT2D eigenvalue weighted by Gasteiger charge is 2.13. The summed E-state index contributed by atoms with van der Waals surface area (Å²) in [6.07, 6.45) is 10.1. The molecule has 2 N–H and O–H groups in total. The minimum Gasteiger partial charge on any atom is -0.321 e. The molecule has 0 saturated carbocycles. The lowest BCUT2D eigenvalue weighted by molar-refractivity contribution is 0.602. The van der Waals surface area contributed by atoms with Crippen molar-refractivity contribution in [2.75, 3.05) is 0 Å². The van der Waals surface area contributed by atoms with Crippen molar-refractivity contribution in [3.63, 3.8) is 0 Å². The first-order valence-corrected chi connectivity index (χ1v) is 7.20. The fraction of sp³-hybridized carbons (Fsp3) is 0.529. The molecule has 0 aromatic heterocycles. The molecule has 1 heteroatoms. The van der Waals surface area contributed by atoms with Crippen molar-refractivity contribution in [2.24, 2.45) is 5.73 Å². The van der Waals surface area contributed by atoms with Crippen LogP contribution < -0.4 is 5.73 Å². The molecule has 1 atom stereocenters. The van der Waals surface area contributed by atoms with Gasteiger partial charge in [0, 0.05) is 0 Å². The molecule has 18 heavy (non-hydrogen) atoms. The Morgan fingerprint density at radius 2 is 1.78 bits per heavy atom. The molecule has 1 unspecified atom stereocenters. The monoisotopic (exact) mass is 243 g/mol. The lowest BCUT2D eigenvalue weighted by Gasteiger charge is -2.19. The highest BCUT2D eigenvalue weighted by molar-refractivity contribution is 5.35. The van der Waals surface area contributed by atoms with Gasteiger partial charge in [0.2, 0.25) is 0 Å². The molecule has 0 saturated heterocycles. The van der Waals surface area contributed by atoms with Crippen molar-refractivity contribution in [1.29, 1.82) is 0 Å². The summed E-state index contributed by atoms with van der Waals surface area (Å²) in [4.78, 5) is 0. The fourth-order valence-corrected chi connectivity index (χ4v) is 2.67.